The Labute approximate surface area is 184 Å². The molecule has 16 heteroatoms. The number of nitriles is 2. The van der Waals surface area contributed by atoms with Gasteiger partial charge in [0.1, 0.15) is 22.7 Å². The Morgan fingerprint density at radius 1 is 1.00 bits per heavy atom. The second-order valence-electron chi connectivity index (χ2n) is 5.61. The molecule has 1 aromatic heterocycles. The normalized spacial score (nSPS) is 11.7. The first-order valence-corrected chi connectivity index (χ1v) is 10.4. The standard InChI is InChI=1S/C15H8N6O7S2.Ni/c16-5-10-11(6-17)19-15(18-10)21-20-13-9-4-8(29(23,24)25)2-1-7(9)3-12(14(13)22)30(26,27)28;/h1-4,22H,(H,18,19)(H,23,24,25)(H,26,27,28);. The number of aromatic hydroxyl groups is 1. The quantitative estimate of drug-likeness (QED) is 0.228. The Bertz CT molecular complexity index is 1500. The summed E-state index contributed by atoms with van der Waals surface area (Å²) < 4.78 is 64.5. The van der Waals surface area contributed by atoms with Gasteiger partial charge in [0.2, 0.25) is 5.95 Å². The minimum absolute atomic E-state index is 0. The molecule has 0 atom stereocenters. The van der Waals surface area contributed by atoms with Gasteiger partial charge in [-0.05, 0) is 23.6 Å². The molecule has 0 amide bonds. The molecule has 0 aliphatic rings. The number of aromatic amines is 1. The second kappa shape index (κ2) is 8.39. The molecule has 3 aromatic rings. The van der Waals surface area contributed by atoms with Gasteiger partial charge in [-0.2, -0.15) is 32.3 Å². The number of phenolic OH excluding ortho intramolecular Hbond substituents is 1. The Kier molecular flexibility index (Phi) is 6.46. The predicted molar refractivity (Wildman–Crippen MR) is 97.4 cm³/mol. The first-order chi connectivity index (χ1) is 14.0. The molecule has 0 fully saturated rings. The molecule has 0 aliphatic heterocycles. The maximum atomic E-state index is 11.6. The van der Waals surface area contributed by atoms with Gasteiger partial charge in [0.05, 0.1) is 4.90 Å². The summed E-state index contributed by atoms with van der Waals surface area (Å²) in [6, 6.07) is 7.14. The number of fused-ring (bicyclic) bond motifs is 1. The van der Waals surface area contributed by atoms with E-state index in [0.717, 1.165) is 24.3 Å². The van der Waals surface area contributed by atoms with E-state index in [4.69, 9.17) is 10.5 Å². The van der Waals surface area contributed by atoms with Crippen molar-refractivity contribution in [3.63, 3.8) is 0 Å². The number of nitrogens with zero attached hydrogens (tertiary/aromatic N) is 5. The average molecular weight is 507 g/mol. The number of benzene rings is 2. The largest absolute Gasteiger partial charge is 0.504 e. The third kappa shape index (κ3) is 4.69. The molecule has 0 aliphatic carbocycles. The summed E-state index contributed by atoms with van der Waals surface area (Å²) in [7, 11) is -9.56. The van der Waals surface area contributed by atoms with Crippen molar-refractivity contribution in [2.24, 2.45) is 10.2 Å². The zero-order valence-corrected chi connectivity index (χ0v) is 17.3. The van der Waals surface area contributed by atoms with Gasteiger partial charge in [-0.3, -0.25) is 9.11 Å². The van der Waals surface area contributed by atoms with Gasteiger partial charge < -0.3 is 10.1 Å². The first kappa shape index (κ1) is 23.9. The van der Waals surface area contributed by atoms with E-state index < -0.39 is 41.5 Å². The molecule has 0 saturated heterocycles. The van der Waals surface area contributed by atoms with Gasteiger partial charge in [-0.15, -0.1) is 10.2 Å². The van der Waals surface area contributed by atoms with Crippen LogP contribution >= 0.6 is 0 Å². The van der Waals surface area contributed by atoms with Crippen LogP contribution in [0.15, 0.2) is 44.3 Å². The molecule has 0 unspecified atom stereocenters. The number of aromatic nitrogens is 2. The van der Waals surface area contributed by atoms with E-state index in [1.54, 1.807) is 12.1 Å². The summed E-state index contributed by atoms with van der Waals surface area (Å²) >= 11 is 0. The monoisotopic (exact) mass is 506 g/mol. The number of phenols is 1. The molecule has 0 bridgehead atoms. The molecule has 13 nitrogen and oxygen atoms in total. The molecule has 1 heterocycles. The average Bonchev–Trinajstić information content (AvgIpc) is 3.07. The van der Waals surface area contributed by atoms with Crippen LogP contribution in [0.2, 0.25) is 0 Å². The molecule has 0 saturated carbocycles. The SMILES string of the molecule is N#Cc1nc(N=Nc2c(O)c(S(=O)(=O)O)cc3ccc(S(=O)(=O)O)cc23)[nH]c1C#N.[Ni]. The molecular weight excluding hydrogens is 499 g/mol. The summed E-state index contributed by atoms with van der Waals surface area (Å²) in [6.07, 6.45) is 0. The van der Waals surface area contributed by atoms with Crippen molar-refractivity contribution < 1.29 is 47.5 Å². The molecule has 0 spiro atoms. The van der Waals surface area contributed by atoms with Crippen LogP contribution in [0, 0.1) is 22.7 Å². The van der Waals surface area contributed by atoms with E-state index in [-0.39, 0.29) is 44.6 Å². The van der Waals surface area contributed by atoms with Crippen molar-refractivity contribution in [1.82, 2.24) is 9.97 Å². The molecule has 162 valence electrons. The number of azo groups is 1. The van der Waals surface area contributed by atoms with Crippen LogP contribution in [0.5, 0.6) is 5.75 Å². The molecule has 3 rings (SSSR count). The van der Waals surface area contributed by atoms with Crippen LogP contribution in [0.3, 0.4) is 0 Å². The van der Waals surface area contributed by atoms with Crippen molar-refractivity contribution >= 4 is 42.6 Å². The Hall–Kier alpha value is -3.40. The zero-order valence-electron chi connectivity index (χ0n) is 14.7. The van der Waals surface area contributed by atoms with E-state index in [1.165, 1.54) is 0 Å². The van der Waals surface area contributed by atoms with Crippen LogP contribution < -0.4 is 0 Å². The minimum Gasteiger partial charge on any atom is -0.504 e. The molecule has 4 N–H and O–H groups in total. The van der Waals surface area contributed by atoms with Crippen LogP contribution in [-0.4, -0.2) is 41.0 Å². The maximum Gasteiger partial charge on any atom is 0.298 e. The Morgan fingerprint density at radius 3 is 2.19 bits per heavy atom. The summed E-state index contributed by atoms with van der Waals surface area (Å²) in [6.45, 7) is 0. The van der Waals surface area contributed by atoms with Crippen molar-refractivity contribution in [3.05, 3.63) is 35.7 Å². The number of H-pyrrole nitrogens is 1. The van der Waals surface area contributed by atoms with Crippen molar-refractivity contribution in [2.45, 2.75) is 9.79 Å². The minimum atomic E-state index is -4.91. The van der Waals surface area contributed by atoms with E-state index in [2.05, 4.69) is 20.2 Å². The van der Waals surface area contributed by atoms with Crippen LogP contribution in [0.4, 0.5) is 11.6 Å². The summed E-state index contributed by atoms with van der Waals surface area (Å²) in [5.41, 5.74) is -1.10. The van der Waals surface area contributed by atoms with E-state index in [0.29, 0.717) is 0 Å². The third-order valence-corrected chi connectivity index (χ3v) is 5.47. The van der Waals surface area contributed by atoms with Crippen molar-refractivity contribution in [3.8, 4) is 17.9 Å². The van der Waals surface area contributed by atoms with Gasteiger partial charge >= 0.3 is 0 Å². The molecule has 2 aromatic carbocycles. The molecule has 31 heavy (non-hydrogen) atoms. The number of imidazole rings is 1. The van der Waals surface area contributed by atoms with Gasteiger partial charge in [0, 0.05) is 21.9 Å². The van der Waals surface area contributed by atoms with Gasteiger partial charge in [-0.1, -0.05) is 6.07 Å². The van der Waals surface area contributed by atoms with Crippen molar-refractivity contribution in [2.75, 3.05) is 0 Å². The second-order valence-corrected chi connectivity index (χ2v) is 8.42. The van der Waals surface area contributed by atoms with Gasteiger partial charge in [0.25, 0.3) is 20.2 Å². The van der Waals surface area contributed by atoms with E-state index >= 15 is 0 Å². The fourth-order valence-corrected chi connectivity index (χ4v) is 3.57. The topological polar surface area (TPSA) is 230 Å². The van der Waals surface area contributed by atoms with Gasteiger partial charge in [-0.25, -0.2) is 0 Å². The van der Waals surface area contributed by atoms with Crippen LogP contribution in [-0.2, 0) is 36.7 Å². The van der Waals surface area contributed by atoms with Gasteiger partial charge in [0.15, 0.2) is 17.1 Å². The molecular formula is C15H8N6NiO7S2. The number of hydrogen-bond donors (Lipinski definition) is 4. The smallest absolute Gasteiger partial charge is 0.298 e. The van der Waals surface area contributed by atoms with Crippen molar-refractivity contribution in [1.29, 1.82) is 10.5 Å². The van der Waals surface area contributed by atoms with Crippen LogP contribution in [0.25, 0.3) is 10.8 Å². The number of rotatable bonds is 4. The zero-order chi connectivity index (χ0) is 22.3. The fraction of sp³-hybridized carbons (Fsp3) is 0. The fourth-order valence-electron chi connectivity index (χ4n) is 2.45. The third-order valence-electron chi connectivity index (χ3n) is 3.75. The Morgan fingerprint density at radius 2 is 1.68 bits per heavy atom. The predicted octanol–water partition coefficient (Wildman–Crippen LogP) is 1.92. The molecule has 0 radical (unpaired) electrons. The first-order valence-electron chi connectivity index (χ1n) is 7.52. The number of nitrogens with one attached hydrogen (secondary N) is 1. The van der Waals surface area contributed by atoms with Crippen LogP contribution in [0.1, 0.15) is 11.4 Å². The van der Waals surface area contributed by atoms with E-state index in [9.17, 15) is 31.0 Å². The maximum absolute atomic E-state index is 11.6. The van der Waals surface area contributed by atoms with E-state index in [1.807, 2.05) is 0 Å². The summed E-state index contributed by atoms with van der Waals surface area (Å²) in [4.78, 5) is 4.51. The Balaban J connectivity index is 0.00000341. The summed E-state index contributed by atoms with van der Waals surface area (Å²) in [5, 5.41) is 35.2. The summed E-state index contributed by atoms with van der Waals surface area (Å²) in [5.74, 6) is -1.41. The number of hydrogen-bond acceptors (Lipinski definition) is 10.